The number of methoxy groups -OCH3 is 1. The second-order valence-corrected chi connectivity index (χ2v) is 18.7. The molecule has 3 rings (SSSR count). The van der Waals surface area contributed by atoms with Crippen molar-refractivity contribution in [3.8, 4) is 0 Å². The first-order chi connectivity index (χ1) is 19.9. The first-order valence-corrected chi connectivity index (χ1v) is 18.0. The third kappa shape index (κ3) is 9.45. The summed E-state index contributed by atoms with van der Waals surface area (Å²) in [4.78, 5) is 27.3. The highest BCUT2D eigenvalue weighted by molar-refractivity contribution is 6.74. The fourth-order valence-corrected chi connectivity index (χ4v) is 5.83. The molecule has 0 unspecified atom stereocenters. The van der Waals surface area contributed by atoms with Crippen molar-refractivity contribution in [3.63, 3.8) is 0 Å². The lowest BCUT2D eigenvalue weighted by Gasteiger charge is -2.41. The molecule has 0 radical (unpaired) electrons. The maximum atomic E-state index is 13.7. The number of halogens is 1. The second kappa shape index (κ2) is 13.7. The average molecular weight is 627 g/mol. The minimum Gasteiger partial charge on any atom is -0.465 e. The summed E-state index contributed by atoms with van der Waals surface area (Å²) in [5, 5.41) is 6.00. The van der Waals surface area contributed by atoms with Gasteiger partial charge in [0, 0.05) is 23.3 Å². The number of amides is 1. The van der Waals surface area contributed by atoms with E-state index in [-0.39, 0.29) is 23.2 Å². The average Bonchev–Trinajstić information content (AvgIpc) is 2.91. The van der Waals surface area contributed by atoms with Gasteiger partial charge in [0.1, 0.15) is 5.60 Å². The molecule has 0 aliphatic carbocycles. The molecular formula is C34H47ClN2O5Si. The highest BCUT2D eigenvalue weighted by Crippen LogP contribution is 2.40. The van der Waals surface area contributed by atoms with Crippen molar-refractivity contribution in [1.29, 1.82) is 0 Å². The zero-order valence-electron chi connectivity index (χ0n) is 27.2. The molecule has 0 aliphatic heterocycles. The molecule has 0 aromatic heterocycles. The largest absolute Gasteiger partial charge is 0.465 e. The third-order valence-electron chi connectivity index (χ3n) is 7.85. The van der Waals surface area contributed by atoms with E-state index in [0.29, 0.717) is 23.7 Å². The van der Waals surface area contributed by atoms with Crippen LogP contribution in [0.1, 0.15) is 70.5 Å². The number of esters is 1. The Morgan fingerprint density at radius 2 is 1.60 bits per heavy atom. The monoisotopic (exact) mass is 626 g/mol. The van der Waals surface area contributed by atoms with Gasteiger partial charge in [0.25, 0.3) is 0 Å². The lowest BCUT2D eigenvalue weighted by molar-refractivity contribution is 0.00798. The number of anilines is 1. The molecule has 3 aromatic carbocycles. The highest BCUT2D eigenvalue weighted by atomic mass is 35.5. The van der Waals surface area contributed by atoms with Crippen molar-refractivity contribution in [2.45, 2.75) is 84.3 Å². The predicted octanol–water partition coefficient (Wildman–Crippen LogP) is 9.08. The van der Waals surface area contributed by atoms with E-state index in [2.05, 4.69) is 39.2 Å². The van der Waals surface area contributed by atoms with Crippen molar-refractivity contribution in [2.75, 3.05) is 25.5 Å². The van der Waals surface area contributed by atoms with Crippen LogP contribution < -0.4 is 5.32 Å². The van der Waals surface area contributed by atoms with E-state index >= 15 is 0 Å². The van der Waals surface area contributed by atoms with Gasteiger partial charge in [-0.15, -0.1) is 0 Å². The van der Waals surface area contributed by atoms with E-state index in [4.69, 9.17) is 25.5 Å². The van der Waals surface area contributed by atoms with E-state index in [9.17, 15) is 9.59 Å². The summed E-state index contributed by atoms with van der Waals surface area (Å²) >= 11 is 6.41. The Morgan fingerprint density at radius 3 is 2.21 bits per heavy atom. The summed E-state index contributed by atoms with van der Waals surface area (Å²) < 4.78 is 17.7. The number of benzene rings is 3. The van der Waals surface area contributed by atoms with E-state index in [1.807, 2.05) is 82.3 Å². The Hall–Kier alpha value is -3.07. The van der Waals surface area contributed by atoms with Crippen molar-refractivity contribution >= 4 is 48.4 Å². The van der Waals surface area contributed by atoms with Crippen LogP contribution in [0.25, 0.3) is 10.8 Å². The number of hydrogen-bond acceptors (Lipinski definition) is 6. The zero-order chi connectivity index (χ0) is 32.2. The summed E-state index contributed by atoms with van der Waals surface area (Å²) in [5.41, 5.74) is 1.67. The number of hydrogen-bond donors (Lipinski definition) is 1. The van der Waals surface area contributed by atoms with Gasteiger partial charge in [0.15, 0.2) is 8.32 Å². The van der Waals surface area contributed by atoms with Crippen LogP contribution in [0.2, 0.25) is 23.2 Å². The number of fused-ring (bicyclic) bond motifs is 1. The van der Waals surface area contributed by atoms with E-state index in [0.717, 1.165) is 22.0 Å². The van der Waals surface area contributed by atoms with Crippen LogP contribution in [0.15, 0.2) is 60.7 Å². The quantitative estimate of drug-likeness (QED) is 0.179. The summed E-state index contributed by atoms with van der Waals surface area (Å²) in [5.74, 6) is -0.367. The van der Waals surface area contributed by atoms with Gasteiger partial charge in [0.05, 0.1) is 25.3 Å². The van der Waals surface area contributed by atoms with Crippen LogP contribution in [0, 0.1) is 0 Å². The molecule has 9 heteroatoms. The van der Waals surface area contributed by atoms with Crippen molar-refractivity contribution in [1.82, 2.24) is 4.90 Å². The van der Waals surface area contributed by atoms with Crippen LogP contribution in [0.5, 0.6) is 0 Å². The summed E-state index contributed by atoms with van der Waals surface area (Å²) in [6.07, 6.45) is -0.791. The van der Waals surface area contributed by atoms with Crippen molar-refractivity contribution < 1.29 is 23.5 Å². The molecule has 3 aromatic rings. The lowest BCUT2D eigenvalue weighted by Crippen LogP contribution is -2.49. The highest BCUT2D eigenvalue weighted by Gasteiger charge is 2.41. The van der Waals surface area contributed by atoms with Gasteiger partial charge in [-0.2, -0.15) is 0 Å². The topological polar surface area (TPSA) is 77.1 Å². The van der Waals surface area contributed by atoms with E-state index in [1.54, 1.807) is 11.0 Å². The maximum absolute atomic E-state index is 13.7. The number of rotatable bonds is 10. The molecule has 0 bridgehead atoms. The molecule has 1 N–H and O–H groups in total. The molecule has 0 aliphatic rings. The standard InChI is InChI=1S/C34H47ClN2O5Si/c1-23(21-36-29-17-16-24-18-27(31(38)40-8)15-14-25(24)20-29)37(32(39)41-33(2,3)4)22-30(26-12-11-13-28(35)19-26)42-43(9,10)34(5,6)7/h11-20,23,30,36H,21-22H2,1-10H3/t23-,30+/m1/s1. The lowest BCUT2D eigenvalue weighted by atomic mass is 10.1. The van der Waals surface area contributed by atoms with Crippen LogP contribution in [0.3, 0.4) is 0 Å². The smallest absolute Gasteiger partial charge is 0.410 e. The number of carbonyl (C=O) groups is 2. The number of nitrogens with zero attached hydrogens (tertiary/aromatic N) is 1. The van der Waals surface area contributed by atoms with E-state index in [1.165, 1.54) is 7.11 Å². The summed E-state index contributed by atoms with van der Waals surface area (Å²) in [6.45, 7) is 19.4. The normalized spacial score (nSPS) is 13.7. The molecule has 1 amide bonds. The SMILES string of the molecule is COC(=O)c1ccc2cc(NC[C@@H](C)N(C[C@H](O[Si](C)(C)C(C)(C)C)c3cccc(Cl)c3)C(=O)OC(C)(C)C)ccc2c1. The molecule has 2 atom stereocenters. The van der Waals surface area contributed by atoms with Crippen LogP contribution in [0.4, 0.5) is 10.5 Å². The van der Waals surface area contributed by atoms with Crippen LogP contribution >= 0.6 is 11.6 Å². The van der Waals surface area contributed by atoms with Gasteiger partial charge in [-0.25, -0.2) is 9.59 Å². The van der Waals surface area contributed by atoms with Crippen molar-refractivity contribution in [2.24, 2.45) is 0 Å². The third-order valence-corrected chi connectivity index (χ3v) is 12.6. The Morgan fingerprint density at radius 1 is 0.953 bits per heavy atom. The Bertz CT molecular complexity index is 1430. The van der Waals surface area contributed by atoms with Gasteiger partial charge in [-0.05, 0) is 98.6 Å². The van der Waals surface area contributed by atoms with Gasteiger partial charge >= 0.3 is 12.1 Å². The molecular weight excluding hydrogens is 580 g/mol. The Kier molecular flexibility index (Phi) is 11.0. The first kappa shape index (κ1) is 34.4. The molecule has 234 valence electrons. The molecule has 0 heterocycles. The zero-order valence-corrected chi connectivity index (χ0v) is 29.0. The van der Waals surface area contributed by atoms with Gasteiger partial charge in [-0.3, -0.25) is 0 Å². The molecule has 0 saturated carbocycles. The summed E-state index contributed by atoms with van der Waals surface area (Å²) in [6, 6.07) is 18.8. The van der Waals surface area contributed by atoms with Crippen LogP contribution in [-0.4, -0.2) is 57.1 Å². The van der Waals surface area contributed by atoms with Gasteiger partial charge < -0.3 is 24.1 Å². The minimum atomic E-state index is -2.23. The first-order valence-electron chi connectivity index (χ1n) is 14.7. The number of ether oxygens (including phenoxy) is 2. The fraction of sp³-hybridized carbons (Fsp3) is 0.471. The van der Waals surface area contributed by atoms with Crippen molar-refractivity contribution in [3.05, 3.63) is 76.8 Å². The molecule has 0 fully saturated rings. The van der Waals surface area contributed by atoms with Crippen LogP contribution in [-0.2, 0) is 13.9 Å². The van der Waals surface area contributed by atoms with Gasteiger partial charge in [0.2, 0.25) is 0 Å². The molecule has 0 spiro atoms. The Labute approximate surface area is 263 Å². The van der Waals surface area contributed by atoms with Gasteiger partial charge in [-0.1, -0.05) is 56.6 Å². The number of carbonyl (C=O) groups excluding carboxylic acids is 2. The van der Waals surface area contributed by atoms with E-state index < -0.39 is 20.0 Å². The predicted molar refractivity (Wildman–Crippen MR) is 179 cm³/mol. The maximum Gasteiger partial charge on any atom is 0.410 e. The number of nitrogens with one attached hydrogen (secondary N) is 1. The molecule has 0 saturated heterocycles. The fourth-order valence-electron chi connectivity index (χ4n) is 4.36. The Balaban J connectivity index is 1.89. The molecule has 43 heavy (non-hydrogen) atoms. The second-order valence-electron chi connectivity index (χ2n) is 13.6. The summed E-state index contributed by atoms with van der Waals surface area (Å²) in [7, 11) is -0.856. The molecule has 7 nitrogen and oxygen atoms in total. The minimum absolute atomic E-state index is 0.0263.